The van der Waals surface area contributed by atoms with Crippen LogP contribution in [0, 0.1) is 16.7 Å². The number of nitrogens with zero attached hydrogens (tertiary/aromatic N) is 1. The number of hydrogen-bond acceptors (Lipinski definition) is 3. The molecule has 3 nitrogen and oxygen atoms in total. The second-order valence-corrected chi connectivity index (χ2v) is 7.08. The molecule has 0 unspecified atom stereocenters. The van der Waals surface area contributed by atoms with E-state index < -0.39 is 11.5 Å². The van der Waals surface area contributed by atoms with Gasteiger partial charge in [0.05, 0.1) is 11.5 Å². The summed E-state index contributed by atoms with van der Waals surface area (Å²) in [6, 6.07) is 0. The van der Waals surface area contributed by atoms with Gasteiger partial charge in [-0.25, -0.2) is 0 Å². The lowest BCUT2D eigenvalue weighted by Crippen LogP contribution is -2.50. The molecule has 2 saturated carbocycles. The number of carbonyl (C=O) groups excluding carboxylic acids is 1. The molecule has 3 rings (SSSR count). The monoisotopic (exact) mass is 251 g/mol. The molecule has 3 fully saturated rings. The fourth-order valence-corrected chi connectivity index (χ4v) is 4.86. The average Bonchev–Trinajstić information content (AvgIpc) is 2.93. The highest BCUT2D eigenvalue weighted by atomic mass is 16.3. The summed E-state index contributed by atoms with van der Waals surface area (Å²) in [4.78, 5) is 14.7. The molecule has 0 aromatic rings. The number of ketones is 1. The van der Waals surface area contributed by atoms with E-state index in [1.807, 2.05) is 0 Å². The quantitative estimate of drug-likeness (QED) is 0.832. The van der Waals surface area contributed by atoms with E-state index in [1.165, 1.54) is 12.8 Å². The lowest BCUT2D eigenvalue weighted by atomic mass is 9.65. The predicted molar refractivity (Wildman–Crippen MR) is 70.2 cm³/mol. The number of hydrogen-bond donors (Lipinski definition) is 1. The first-order chi connectivity index (χ1) is 8.48. The summed E-state index contributed by atoms with van der Waals surface area (Å²) >= 11 is 0. The molecule has 1 N–H and O–H groups in total. The number of β-amino-alcohol motifs (C(OH)–C–C–N with tert-alkyl or cyclic N) is 1. The molecule has 102 valence electrons. The molecule has 1 heterocycles. The number of aliphatic hydroxyl groups is 1. The normalized spacial score (nSPS) is 40.6. The lowest BCUT2D eigenvalue weighted by molar-refractivity contribution is -0.139. The molecule has 18 heavy (non-hydrogen) atoms. The molecule has 2 bridgehead atoms. The zero-order valence-corrected chi connectivity index (χ0v) is 11.6. The Morgan fingerprint density at radius 3 is 2.56 bits per heavy atom. The van der Waals surface area contributed by atoms with E-state index in [0.717, 1.165) is 25.9 Å². The van der Waals surface area contributed by atoms with Gasteiger partial charge in [-0.05, 0) is 50.1 Å². The van der Waals surface area contributed by atoms with Gasteiger partial charge in [-0.15, -0.1) is 0 Å². The van der Waals surface area contributed by atoms with Gasteiger partial charge >= 0.3 is 0 Å². The zero-order chi connectivity index (χ0) is 13.0. The maximum Gasteiger partial charge on any atom is 0.142 e. The summed E-state index contributed by atoms with van der Waals surface area (Å²) in [6.45, 7) is 7.27. The van der Waals surface area contributed by atoms with Crippen LogP contribution in [-0.4, -0.2) is 41.5 Å². The van der Waals surface area contributed by atoms with Crippen LogP contribution < -0.4 is 0 Å². The van der Waals surface area contributed by atoms with E-state index in [2.05, 4.69) is 18.7 Å². The smallest absolute Gasteiger partial charge is 0.142 e. The maximum absolute atomic E-state index is 12.4. The number of aliphatic hydroxyl groups excluding tert-OH is 1. The largest absolute Gasteiger partial charge is 0.391 e. The molecule has 0 aromatic carbocycles. The van der Waals surface area contributed by atoms with Gasteiger partial charge in [-0.3, -0.25) is 4.79 Å². The van der Waals surface area contributed by atoms with Crippen molar-refractivity contribution in [2.45, 2.75) is 52.1 Å². The van der Waals surface area contributed by atoms with Gasteiger partial charge in [0, 0.05) is 13.0 Å². The Bertz CT molecular complexity index is 360. The van der Waals surface area contributed by atoms with Crippen molar-refractivity contribution in [3.8, 4) is 0 Å². The molecule has 1 saturated heterocycles. The number of likely N-dealkylation sites (tertiary alicyclic amines) is 1. The summed E-state index contributed by atoms with van der Waals surface area (Å²) in [5.41, 5.74) is -0.455. The molecule has 0 radical (unpaired) electrons. The molecular weight excluding hydrogens is 226 g/mol. The predicted octanol–water partition coefficient (Wildman–Crippen LogP) is 1.84. The van der Waals surface area contributed by atoms with E-state index in [4.69, 9.17) is 0 Å². The van der Waals surface area contributed by atoms with Crippen LogP contribution in [0.15, 0.2) is 0 Å². The number of carbonyl (C=O) groups is 1. The topological polar surface area (TPSA) is 40.5 Å². The van der Waals surface area contributed by atoms with E-state index in [-0.39, 0.29) is 5.41 Å². The summed E-state index contributed by atoms with van der Waals surface area (Å²) in [7, 11) is 0. The molecule has 3 heteroatoms. The van der Waals surface area contributed by atoms with Gasteiger partial charge in [-0.2, -0.15) is 0 Å². The Hall–Kier alpha value is -0.410. The van der Waals surface area contributed by atoms with Crippen LogP contribution in [0.5, 0.6) is 0 Å². The minimum Gasteiger partial charge on any atom is -0.391 e. The van der Waals surface area contributed by atoms with Gasteiger partial charge in [0.1, 0.15) is 5.78 Å². The molecule has 0 spiro atoms. The van der Waals surface area contributed by atoms with Crippen LogP contribution in [-0.2, 0) is 4.79 Å². The lowest BCUT2D eigenvalue weighted by Gasteiger charge is -2.41. The molecule has 1 aliphatic heterocycles. The van der Waals surface area contributed by atoms with Crippen molar-refractivity contribution in [1.82, 2.24) is 4.90 Å². The zero-order valence-electron chi connectivity index (χ0n) is 11.6. The highest BCUT2D eigenvalue weighted by molar-refractivity contribution is 5.90. The maximum atomic E-state index is 12.4. The summed E-state index contributed by atoms with van der Waals surface area (Å²) < 4.78 is 0. The van der Waals surface area contributed by atoms with E-state index in [0.29, 0.717) is 24.7 Å². The van der Waals surface area contributed by atoms with E-state index in [1.54, 1.807) is 0 Å². The second kappa shape index (κ2) is 4.04. The van der Waals surface area contributed by atoms with Crippen molar-refractivity contribution in [1.29, 1.82) is 0 Å². The second-order valence-electron chi connectivity index (χ2n) is 7.08. The standard InChI is InChI=1S/C15H25NO2/c1-14(2)11-5-6-15(14,12(17)9-11)13(18)10-16-7-3-4-8-16/h11,13,18H,3-10H2,1-2H3/t11-,13+,15+/m1/s1. The minimum atomic E-state index is -0.467. The Kier molecular flexibility index (Phi) is 2.83. The number of Topliss-reactive ketones (excluding diaryl/α,β-unsaturated/α-hetero) is 1. The van der Waals surface area contributed by atoms with Crippen LogP contribution in [0.3, 0.4) is 0 Å². The van der Waals surface area contributed by atoms with Crippen molar-refractivity contribution in [2.24, 2.45) is 16.7 Å². The molecule has 2 aliphatic carbocycles. The van der Waals surface area contributed by atoms with Crippen molar-refractivity contribution >= 4 is 5.78 Å². The van der Waals surface area contributed by atoms with Crippen LogP contribution >= 0.6 is 0 Å². The number of rotatable bonds is 3. The summed E-state index contributed by atoms with van der Waals surface area (Å²) in [5, 5.41) is 10.7. The fourth-order valence-electron chi connectivity index (χ4n) is 4.86. The third-order valence-corrected chi connectivity index (χ3v) is 6.19. The SMILES string of the molecule is CC1(C)[C@@H]2CC[C@@]1([C@@H](O)CN1CCCC1)C(=O)C2. The molecule has 0 amide bonds. The Balaban J connectivity index is 1.82. The first kappa shape index (κ1) is 12.6. The van der Waals surface area contributed by atoms with Gasteiger partial charge in [0.25, 0.3) is 0 Å². The van der Waals surface area contributed by atoms with Crippen molar-refractivity contribution in [3.05, 3.63) is 0 Å². The van der Waals surface area contributed by atoms with Gasteiger partial charge in [0.2, 0.25) is 0 Å². The Morgan fingerprint density at radius 1 is 1.39 bits per heavy atom. The molecular formula is C15H25NO2. The van der Waals surface area contributed by atoms with Crippen molar-refractivity contribution in [2.75, 3.05) is 19.6 Å². The Labute approximate surface area is 110 Å². The van der Waals surface area contributed by atoms with Gasteiger partial charge in [-0.1, -0.05) is 13.8 Å². The summed E-state index contributed by atoms with van der Waals surface area (Å²) in [5.74, 6) is 0.827. The molecule has 3 aliphatic rings. The van der Waals surface area contributed by atoms with E-state index in [9.17, 15) is 9.90 Å². The highest BCUT2D eigenvalue weighted by Gasteiger charge is 2.67. The van der Waals surface area contributed by atoms with Crippen LogP contribution in [0.1, 0.15) is 46.0 Å². The first-order valence-corrected chi connectivity index (χ1v) is 7.42. The van der Waals surface area contributed by atoms with Crippen LogP contribution in [0.2, 0.25) is 0 Å². The molecule has 3 atom stereocenters. The van der Waals surface area contributed by atoms with E-state index >= 15 is 0 Å². The third kappa shape index (κ3) is 1.47. The fraction of sp³-hybridized carbons (Fsp3) is 0.933. The summed E-state index contributed by atoms with van der Waals surface area (Å²) in [6.07, 6.45) is 4.73. The van der Waals surface area contributed by atoms with Crippen molar-refractivity contribution in [3.63, 3.8) is 0 Å². The van der Waals surface area contributed by atoms with Crippen molar-refractivity contribution < 1.29 is 9.90 Å². The van der Waals surface area contributed by atoms with Crippen LogP contribution in [0.25, 0.3) is 0 Å². The average molecular weight is 251 g/mol. The van der Waals surface area contributed by atoms with Gasteiger partial charge in [0.15, 0.2) is 0 Å². The Morgan fingerprint density at radius 2 is 2.06 bits per heavy atom. The number of fused-ring (bicyclic) bond motifs is 2. The third-order valence-electron chi connectivity index (χ3n) is 6.19. The van der Waals surface area contributed by atoms with Gasteiger partial charge < -0.3 is 10.0 Å². The van der Waals surface area contributed by atoms with Crippen LogP contribution in [0.4, 0.5) is 0 Å². The molecule has 0 aromatic heterocycles. The first-order valence-electron chi connectivity index (χ1n) is 7.42. The minimum absolute atomic E-state index is 0.0107. The highest BCUT2D eigenvalue weighted by Crippen LogP contribution is 2.65.